The monoisotopic (exact) mass is 275 g/mol. The predicted molar refractivity (Wildman–Crippen MR) is 77.0 cm³/mol. The van der Waals surface area contributed by atoms with Crippen LogP contribution in [0.1, 0.15) is 29.3 Å². The fourth-order valence-electron chi connectivity index (χ4n) is 2.02. The third kappa shape index (κ3) is 3.38. The van der Waals surface area contributed by atoms with Crippen molar-refractivity contribution in [1.82, 2.24) is 4.57 Å². The van der Waals surface area contributed by atoms with Gasteiger partial charge in [0, 0.05) is 31.2 Å². The molecular weight excluding hydrogens is 257 g/mol. The van der Waals surface area contributed by atoms with E-state index in [-0.39, 0.29) is 5.56 Å². The van der Waals surface area contributed by atoms with E-state index < -0.39 is 11.7 Å². The number of nitrogens with zero attached hydrogens (tertiary/aromatic N) is 1. The minimum absolute atomic E-state index is 0.0986. The van der Waals surface area contributed by atoms with Crippen LogP contribution < -0.4 is 11.1 Å². The van der Waals surface area contributed by atoms with Crippen molar-refractivity contribution in [2.75, 3.05) is 5.32 Å². The Morgan fingerprint density at radius 2 is 2.20 bits per heavy atom. The topological polar surface area (TPSA) is 60.1 Å². The molecule has 1 aromatic carbocycles. The molecule has 5 heteroatoms. The highest BCUT2D eigenvalue weighted by atomic mass is 19.1. The predicted octanol–water partition coefficient (Wildman–Crippen LogP) is 2.75. The van der Waals surface area contributed by atoms with Crippen molar-refractivity contribution in [1.29, 1.82) is 0 Å². The number of carbonyl (C=O) groups is 1. The molecule has 0 atom stereocenters. The number of nitrogens with one attached hydrogen (secondary N) is 1. The van der Waals surface area contributed by atoms with Crippen LogP contribution in [0.15, 0.2) is 36.7 Å². The lowest BCUT2D eigenvalue weighted by Gasteiger charge is -2.07. The maximum atomic E-state index is 13.3. The summed E-state index contributed by atoms with van der Waals surface area (Å²) < 4.78 is 15.5. The van der Waals surface area contributed by atoms with E-state index in [1.54, 1.807) is 6.07 Å². The number of benzene rings is 1. The molecule has 106 valence electrons. The van der Waals surface area contributed by atoms with Crippen LogP contribution in [0.5, 0.6) is 0 Å². The van der Waals surface area contributed by atoms with Crippen molar-refractivity contribution in [2.24, 2.45) is 5.73 Å². The van der Waals surface area contributed by atoms with E-state index in [2.05, 4.69) is 23.0 Å². The van der Waals surface area contributed by atoms with Gasteiger partial charge in [0.1, 0.15) is 5.82 Å². The van der Waals surface area contributed by atoms with Gasteiger partial charge in [0.25, 0.3) is 5.91 Å². The first kappa shape index (κ1) is 14.1. The molecule has 3 N–H and O–H groups in total. The standard InChI is InChI=1S/C15H18FN3O/c1-2-6-19-7-5-11(10-19)9-18-12-3-4-14(16)13(8-12)15(17)20/h3-5,7-8,10,18H,2,6,9H2,1H3,(H2,17,20). The largest absolute Gasteiger partial charge is 0.381 e. The Morgan fingerprint density at radius 1 is 1.40 bits per heavy atom. The molecular formula is C15H18FN3O. The van der Waals surface area contributed by atoms with E-state index in [4.69, 9.17) is 5.73 Å². The lowest BCUT2D eigenvalue weighted by molar-refractivity contribution is 0.0996. The van der Waals surface area contributed by atoms with Crippen molar-refractivity contribution >= 4 is 11.6 Å². The summed E-state index contributed by atoms with van der Waals surface area (Å²) in [5, 5.41) is 3.15. The van der Waals surface area contributed by atoms with E-state index in [0.29, 0.717) is 12.2 Å². The van der Waals surface area contributed by atoms with Crippen LogP contribution in [0.4, 0.5) is 10.1 Å². The first-order chi connectivity index (χ1) is 9.60. The van der Waals surface area contributed by atoms with E-state index in [1.807, 2.05) is 12.3 Å². The molecule has 0 aliphatic rings. The smallest absolute Gasteiger partial charge is 0.251 e. The highest BCUT2D eigenvalue weighted by Gasteiger charge is 2.08. The molecule has 0 aliphatic heterocycles. The Bertz CT molecular complexity index is 607. The van der Waals surface area contributed by atoms with Crippen LogP contribution in [0, 0.1) is 5.82 Å². The number of aryl methyl sites for hydroxylation is 1. The van der Waals surface area contributed by atoms with Gasteiger partial charge in [-0.25, -0.2) is 4.39 Å². The van der Waals surface area contributed by atoms with Gasteiger partial charge >= 0.3 is 0 Å². The van der Waals surface area contributed by atoms with Crippen LogP contribution in [-0.2, 0) is 13.1 Å². The van der Waals surface area contributed by atoms with E-state index in [0.717, 1.165) is 18.5 Å². The average molecular weight is 275 g/mol. The molecule has 2 rings (SSSR count). The first-order valence-electron chi connectivity index (χ1n) is 6.58. The molecule has 1 amide bonds. The quantitative estimate of drug-likeness (QED) is 0.851. The van der Waals surface area contributed by atoms with Gasteiger partial charge in [-0.15, -0.1) is 0 Å². The van der Waals surface area contributed by atoms with Crippen LogP contribution in [-0.4, -0.2) is 10.5 Å². The number of halogens is 1. The van der Waals surface area contributed by atoms with Crippen molar-refractivity contribution in [3.63, 3.8) is 0 Å². The third-order valence-electron chi connectivity index (χ3n) is 3.02. The van der Waals surface area contributed by atoms with E-state index in [9.17, 15) is 9.18 Å². The van der Waals surface area contributed by atoms with Crippen LogP contribution in [0.2, 0.25) is 0 Å². The van der Waals surface area contributed by atoms with Gasteiger partial charge in [0.05, 0.1) is 5.56 Å². The van der Waals surface area contributed by atoms with Gasteiger partial charge in [-0.1, -0.05) is 6.92 Å². The SMILES string of the molecule is CCCn1ccc(CNc2ccc(F)c(C(N)=O)c2)c1. The van der Waals surface area contributed by atoms with Crippen LogP contribution in [0.25, 0.3) is 0 Å². The lowest BCUT2D eigenvalue weighted by atomic mass is 10.1. The maximum absolute atomic E-state index is 13.3. The molecule has 0 radical (unpaired) electrons. The third-order valence-corrected chi connectivity index (χ3v) is 3.02. The molecule has 0 bridgehead atoms. The number of nitrogens with two attached hydrogens (primary N) is 1. The highest BCUT2D eigenvalue weighted by Crippen LogP contribution is 2.15. The van der Waals surface area contributed by atoms with Crippen molar-refractivity contribution < 1.29 is 9.18 Å². The van der Waals surface area contributed by atoms with E-state index >= 15 is 0 Å². The minimum atomic E-state index is -0.764. The zero-order valence-corrected chi connectivity index (χ0v) is 11.4. The lowest BCUT2D eigenvalue weighted by Crippen LogP contribution is -2.13. The van der Waals surface area contributed by atoms with Gasteiger partial charge in [-0.05, 0) is 36.2 Å². The molecule has 0 unspecified atom stereocenters. The number of carbonyl (C=O) groups excluding carboxylic acids is 1. The fraction of sp³-hybridized carbons (Fsp3) is 0.267. The Balaban J connectivity index is 2.03. The normalized spacial score (nSPS) is 10.5. The highest BCUT2D eigenvalue weighted by molar-refractivity contribution is 5.94. The second-order valence-corrected chi connectivity index (χ2v) is 4.67. The molecule has 2 aromatic rings. The summed E-state index contributed by atoms with van der Waals surface area (Å²) in [6.07, 6.45) is 5.18. The number of hydrogen-bond donors (Lipinski definition) is 2. The van der Waals surface area contributed by atoms with Gasteiger partial charge in [-0.2, -0.15) is 0 Å². The Kier molecular flexibility index (Phi) is 4.40. The second-order valence-electron chi connectivity index (χ2n) is 4.67. The number of primary amides is 1. The summed E-state index contributed by atoms with van der Waals surface area (Å²) in [7, 11) is 0. The summed E-state index contributed by atoms with van der Waals surface area (Å²) in [6, 6.07) is 6.29. The summed E-state index contributed by atoms with van der Waals surface area (Å²) in [5.41, 5.74) is 6.82. The molecule has 0 fully saturated rings. The minimum Gasteiger partial charge on any atom is -0.381 e. The summed E-state index contributed by atoms with van der Waals surface area (Å²) in [6.45, 7) is 3.73. The molecule has 0 aliphatic carbocycles. The van der Waals surface area contributed by atoms with Crippen molar-refractivity contribution in [3.8, 4) is 0 Å². The zero-order valence-electron chi connectivity index (χ0n) is 11.4. The maximum Gasteiger partial charge on any atom is 0.251 e. The summed E-state index contributed by atoms with van der Waals surface area (Å²) >= 11 is 0. The number of anilines is 1. The molecule has 0 saturated heterocycles. The molecule has 0 saturated carbocycles. The van der Waals surface area contributed by atoms with E-state index in [1.165, 1.54) is 12.1 Å². The van der Waals surface area contributed by atoms with Gasteiger partial charge < -0.3 is 15.6 Å². The Hall–Kier alpha value is -2.30. The fourth-order valence-corrected chi connectivity index (χ4v) is 2.02. The number of aromatic nitrogens is 1. The summed E-state index contributed by atoms with van der Waals surface area (Å²) in [5.74, 6) is -1.36. The van der Waals surface area contributed by atoms with Gasteiger partial charge in [0.15, 0.2) is 0 Å². The second kappa shape index (κ2) is 6.23. The Morgan fingerprint density at radius 3 is 2.90 bits per heavy atom. The first-order valence-corrected chi connectivity index (χ1v) is 6.58. The van der Waals surface area contributed by atoms with Crippen LogP contribution >= 0.6 is 0 Å². The molecule has 0 spiro atoms. The van der Waals surface area contributed by atoms with Crippen molar-refractivity contribution in [2.45, 2.75) is 26.4 Å². The molecule has 1 heterocycles. The molecule has 4 nitrogen and oxygen atoms in total. The number of amides is 1. The zero-order chi connectivity index (χ0) is 14.5. The number of rotatable bonds is 6. The average Bonchev–Trinajstić information content (AvgIpc) is 2.86. The summed E-state index contributed by atoms with van der Waals surface area (Å²) in [4.78, 5) is 11.1. The van der Waals surface area contributed by atoms with Gasteiger partial charge in [-0.3, -0.25) is 4.79 Å². The number of hydrogen-bond acceptors (Lipinski definition) is 2. The Labute approximate surface area is 117 Å². The van der Waals surface area contributed by atoms with Crippen LogP contribution in [0.3, 0.4) is 0 Å². The van der Waals surface area contributed by atoms with Crippen molar-refractivity contribution in [3.05, 3.63) is 53.6 Å². The van der Waals surface area contributed by atoms with Gasteiger partial charge in [0.2, 0.25) is 0 Å². The molecule has 1 aromatic heterocycles. The molecule has 20 heavy (non-hydrogen) atoms.